The van der Waals surface area contributed by atoms with E-state index in [-0.39, 0.29) is 24.2 Å². The summed E-state index contributed by atoms with van der Waals surface area (Å²) < 4.78 is 48.5. The van der Waals surface area contributed by atoms with Crippen LogP contribution in [0.4, 0.5) is 23.2 Å². The third-order valence-corrected chi connectivity index (χ3v) is 2.22. The maximum atomic E-state index is 13.0. The normalized spacial score (nSPS) is 11.3. The Hall–Kier alpha value is -1.79. The number of nitrogen functional groups attached to an aromatic ring is 1. The van der Waals surface area contributed by atoms with Crippen LogP contribution in [-0.2, 0) is 0 Å². The van der Waals surface area contributed by atoms with Crippen LogP contribution in [0, 0.1) is 5.82 Å². The molecule has 1 aromatic carbocycles. The van der Waals surface area contributed by atoms with Crippen LogP contribution in [0.15, 0.2) is 18.2 Å². The molecule has 100 valence electrons. The Morgan fingerprint density at radius 3 is 2.61 bits per heavy atom. The number of halogens is 4. The predicted octanol–water partition coefficient (Wildman–Crippen LogP) is 2.48. The van der Waals surface area contributed by atoms with Crippen molar-refractivity contribution in [2.45, 2.75) is 19.0 Å². The highest BCUT2D eigenvalue weighted by atomic mass is 19.4. The van der Waals surface area contributed by atoms with E-state index in [4.69, 9.17) is 5.73 Å². The topological polar surface area (TPSA) is 55.1 Å². The summed E-state index contributed by atoms with van der Waals surface area (Å²) in [5.41, 5.74) is 4.95. The summed E-state index contributed by atoms with van der Waals surface area (Å²) >= 11 is 0. The lowest BCUT2D eigenvalue weighted by molar-refractivity contribution is -0.135. The zero-order valence-corrected chi connectivity index (χ0v) is 9.35. The Labute approximate surface area is 101 Å². The number of para-hydroxylation sites is 1. The van der Waals surface area contributed by atoms with E-state index in [0.717, 1.165) is 6.07 Å². The number of benzene rings is 1. The van der Waals surface area contributed by atoms with Crippen LogP contribution in [-0.4, -0.2) is 18.6 Å². The average molecular weight is 264 g/mol. The number of amides is 1. The monoisotopic (exact) mass is 264 g/mol. The lowest BCUT2D eigenvalue weighted by Crippen LogP contribution is -2.26. The van der Waals surface area contributed by atoms with Crippen molar-refractivity contribution in [2.24, 2.45) is 0 Å². The molecule has 0 fully saturated rings. The van der Waals surface area contributed by atoms with Gasteiger partial charge >= 0.3 is 6.18 Å². The minimum Gasteiger partial charge on any atom is -0.396 e. The van der Waals surface area contributed by atoms with E-state index in [2.05, 4.69) is 5.32 Å². The molecule has 0 spiro atoms. The highest BCUT2D eigenvalue weighted by molar-refractivity contribution is 5.99. The fourth-order valence-electron chi connectivity index (χ4n) is 1.32. The lowest BCUT2D eigenvalue weighted by Gasteiger charge is -2.09. The summed E-state index contributed by atoms with van der Waals surface area (Å²) in [5, 5.41) is 2.25. The first-order valence-electron chi connectivity index (χ1n) is 5.20. The molecule has 0 bridgehead atoms. The van der Waals surface area contributed by atoms with E-state index in [9.17, 15) is 22.4 Å². The van der Waals surface area contributed by atoms with E-state index >= 15 is 0 Å². The predicted molar refractivity (Wildman–Crippen MR) is 58.4 cm³/mol. The molecule has 3 N–H and O–H groups in total. The lowest BCUT2D eigenvalue weighted by atomic mass is 10.1. The van der Waals surface area contributed by atoms with Gasteiger partial charge in [-0.25, -0.2) is 4.39 Å². The van der Waals surface area contributed by atoms with E-state index in [0.29, 0.717) is 0 Å². The van der Waals surface area contributed by atoms with Crippen molar-refractivity contribution in [3.8, 4) is 0 Å². The number of nitrogens with one attached hydrogen (secondary N) is 1. The second-order valence-electron chi connectivity index (χ2n) is 3.68. The molecule has 0 aliphatic heterocycles. The average Bonchev–Trinajstić information content (AvgIpc) is 2.26. The van der Waals surface area contributed by atoms with Crippen molar-refractivity contribution in [1.29, 1.82) is 0 Å². The molecule has 0 aliphatic carbocycles. The molecular formula is C11H12F4N2O. The molecule has 0 saturated carbocycles. The van der Waals surface area contributed by atoms with Crippen molar-refractivity contribution in [1.82, 2.24) is 5.32 Å². The number of hydrogen-bond acceptors (Lipinski definition) is 2. The van der Waals surface area contributed by atoms with Crippen LogP contribution >= 0.6 is 0 Å². The number of anilines is 1. The van der Waals surface area contributed by atoms with Crippen LogP contribution in [0.5, 0.6) is 0 Å². The molecule has 3 nitrogen and oxygen atoms in total. The zero-order chi connectivity index (χ0) is 13.8. The number of rotatable bonds is 4. The van der Waals surface area contributed by atoms with Crippen LogP contribution in [0.1, 0.15) is 23.2 Å². The minimum atomic E-state index is -4.25. The van der Waals surface area contributed by atoms with Crippen LogP contribution in [0.25, 0.3) is 0 Å². The van der Waals surface area contributed by atoms with Gasteiger partial charge in [-0.2, -0.15) is 13.2 Å². The summed E-state index contributed by atoms with van der Waals surface area (Å²) in [7, 11) is 0. The van der Waals surface area contributed by atoms with Gasteiger partial charge in [0.1, 0.15) is 5.82 Å². The molecule has 1 aromatic rings. The number of alkyl halides is 3. The molecule has 1 amide bonds. The number of hydrogen-bond donors (Lipinski definition) is 2. The van der Waals surface area contributed by atoms with Gasteiger partial charge in [-0.1, -0.05) is 6.07 Å². The number of carbonyl (C=O) groups excluding carboxylic acids is 1. The third-order valence-electron chi connectivity index (χ3n) is 2.22. The first-order valence-corrected chi connectivity index (χ1v) is 5.20. The Bertz CT molecular complexity index is 432. The van der Waals surface area contributed by atoms with Crippen molar-refractivity contribution in [3.05, 3.63) is 29.6 Å². The minimum absolute atomic E-state index is 0.0815. The Kier molecular flexibility index (Phi) is 4.52. The fraction of sp³-hybridized carbons (Fsp3) is 0.364. The summed E-state index contributed by atoms with van der Waals surface area (Å²) in [6.45, 7) is -0.145. The first kappa shape index (κ1) is 14.3. The molecule has 18 heavy (non-hydrogen) atoms. The molecule has 0 radical (unpaired) electrons. The zero-order valence-electron chi connectivity index (χ0n) is 9.35. The van der Waals surface area contributed by atoms with Gasteiger partial charge in [0.15, 0.2) is 0 Å². The third kappa shape index (κ3) is 4.23. The smallest absolute Gasteiger partial charge is 0.389 e. The van der Waals surface area contributed by atoms with E-state index < -0.39 is 24.3 Å². The van der Waals surface area contributed by atoms with Gasteiger partial charge in [0.2, 0.25) is 0 Å². The van der Waals surface area contributed by atoms with Crippen molar-refractivity contribution in [2.75, 3.05) is 12.3 Å². The second kappa shape index (κ2) is 5.70. The fourth-order valence-corrected chi connectivity index (χ4v) is 1.32. The summed E-state index contributed by atoms with van der Waals surface area (Å²) in [5.74, 6) is -1.42. The quantitative estimate of drug-likeness (QED) is 0.498. The first-order chi connectivity index (χ1) is 8.31. The largest absolute Gasteiger partial charge is 0.396 e. The maximum absolute atomic E-state index is 13.0. The molecular weight excluding hydrogens is 252 g/mol. The maximum Gasteiger partial charge on any atom is 0.389 e. The SMILES string of the molecule is Nc1c(F)cccc1C(=O)NCCCC(F)(F)F. The molecule has 0 atom stereocenters. The molecule has 7 heteroatoms. The van der Waals surface area contributed by atoms with Crippen molar-refractivity contribution in [3.63, 3.8) is 0 Å². The van der Waals surface area contributed by atoms with Crippen LogP contribution in [0.3, 0.4) is 0 Å². The highest BCUT2D eigenvalue weighted by Gasteiger charge is 2.26. The summed E-state index contributed by atoms with van der Waals surface area (Å²) in [6.07, 6.45) is -5.46. The van der Waals surface area contributed by atoms with Gasteiger partial charge in [-0.05, 0) is 18.6 Å². The summed E-state index contributed by atoms with van der Waals surface area (Å²) in [6, 6.07) is 3.70. The van der Waals surface area contributed by atoms with Gasteiger partial charge in [-0.3, -0.25) is 4.79 Å². The van der Waals surface area contributed by atoms with Gasteiger partial charge in [0.25, 0.3) is 5.91 Å². The Balaban J connectivity index is 2.49. The van der Waals surface area contributed by atoms with Crippen LogP contribution in [0.2, 0.25) is 0 Å². The molecule has 0 aliphatic rings. The van der Waals surface area contributed by atoms with Crippen molar-refractivity contribution < 1.29 is 22.4 Å². The Morgan fingerprint density at radius 1 is 1.33 bits per heavy atom. The van der Waals surface area contributed by atoms with E-state index in [1.807, 2.05) is 0 Å². The van der Waals surface area contributed by atoms with Gasteiger partial charge < -0.3 is 11.1 Å². The number of carbonyl (C=O) groups is 1. The van der Waals surface area contributed by atoms with Crippen molar-refractivity contribution >= 4 is 11.6 Å². The summed E-state index contributed by atoms with van der Waals surface area (Å²) in [4.78, 5) is 11.5. The molecule has 0 saturated heterocycles. The molecule has 1 rings (SSSR count). The molecule has 0 unspecified atom stereocenters. The van der Waals surface area contributed by atoms with E-state index in [1.165, 1.54) is 12.1 Å². The van der Waals surface area contributed by atoms with Gasteiger partial charge in [0, 0.05) is 13.0 Å². The van der Waals surface area contributed by atoms with Gasteiger partial charge in [0.05, 0.1) is 11.3 Å². The van der Waals surface area contributed by atoms with E-state index in [1.54, 1.807) is 0 Å². The standard InChI is InChI=1S/C11H12F4N2O/c12-8-4-1-3-7(9(8)16)10(18)17-6-2-5-11(13,14)15/h1,3-4H,2,5-6,16H2,(H,17,18). The molecule has 0 heterocycles. The van der Waals surface area contributed by atoms with Gasteiger partial charge in [-0.15, -0.1) is 0 Å². The second-order valence-corrected chi connectivity index (χ2v) is 3.68. The van der Waals surface area contributed by atoms with Crippen LogP contribution < -0.4 is 11.1 Å². The molecule has 0 aromatic heterocycles. The number of nitrogens with two attached hydrogens (primary N) is 1. The Morgan fingerprint density at radius 2 is 2.00 bits per heavy atom. The highest BCUT2D eigenvalue weighted by Crippen LogP contribution is 2.21.